The van der Waals surface area contributed by atoms with Gasteiger partial charge >= 0.3 is 0 Å². The first-order chi connectivity index (χ1) is 7.15. The van der Waals surface area contributed by atoms with Gasteiger partial charge in [-0.1, -0.05) is 51.5 Å². The predicted molar refractivity (Wildman–Crippen MR) is 66.2 cm³/mol. The molecule has 1 aromatic carbocycles. The summed E-state index contributed by atoms with van der Waals surface area (Å²) in [5.41, 5.74) is 3.66. The van der Waals surface area contributed by atoms with Crippen molar-refractivity contribution in [3.05, 3.63) is 35.4 Å². The first-order valence-corrected chi connectivity index (χ1v) is 6.24. The molecule has 0 N–H and O–H groups in total. The minimum Gasteiger partial charge on any atom is -0.0648 e. The zero-order valence-corrected chi connectivity index (χ0v) is 10.2. The molecular formula is C15H22. The van der Waals surface area contributed by atoms with Crippen LogP contribution >= 0.6 is 0 Å². The van der Waals surface area contributed by atoms with E-state index in [0.29, 0.717) is 11.3 Å². The van der Waals surface area contributed by atoms with Gasteiger partial charge in [0, 0.05) is 0 Å². The summed E-state index contributed by atoms with van der Waals surface area (Å²) in [6.45, 7) is 6.84. The summed E-state index contributed by atoms with van der Waals surface area (Å²) in [5, 5.41) is 0. The van der Waals surface area contributed by atoms with Crippen LogP contribution < -0.4 is 0 Å². The fraction of sp³-hybridized carbons (Fsp3) is 0.600. The molecule has 0 aliphatic heterocycles. The van der Waals surface area contributed by atoms with Gasteiger partial charge in [-0.25, -0.2) is 0 Å². The second kappa shape index (κ2) is 4.00. The molecule has 1 aliphatic rings. The van der Waals surface area contributed by atoms with Gasteiger partial charge in [0.2, 0.25) is 0 Å². The molecule has 1 fully saturated rings. The highest BCUT2D eigenvalue weighted by atomic mass is 14.4. The van der Waals surface area contributed by atoms with E-state index in [0.717, 1.165) is 0 Å². The van der Waals surface area contributed by atoms with E-state index in [1.54, 1.807) is 0 Å². The van der Waals surface area contributed by atoms with Crippen molar-refractivity contribution in [2.24, 2.45) is 5.41 Å². The van der Waals surface area contributed by atoms with Gasteiger partial charge in [0.15, 0.2) is 0 Å². The van der Waals surface area contributed by atoms with E-state index in [2.05, 4.69) is 45.0 Å². The highest BCUT2D eigenvalue weighted by Crippen LogP contribution is 2.51. The highest BCUT2D eigenvalue weighted by Gasteiger charge is 2.40. The standard InChI is InChI=1S/C15H22/c1-4-15(9-10-15)11-13-5-7-14(8-6-13)12(2)3/h5-8,12H,4,9-11H2,1-3H3. The maximum absolute atomic E-state index is 2.33. The molecule has 0 heterocycles. The summed E-state index contributed by atoms with van der Waals surface area (Å²) in [6.07, 6.45) is 5.52. The van der Waals surface area contributed by atoms with Gasteiger partial charge in [-0.3, -0.25) is 0 Å². The maximum atomic E-state index is 2.33. The Hall–Kier alpha value is -0.780. The predicted octanol–water partition coefficient (Wildman–Crippen LogP) is 4.54. The molecule has 0 unspecified atom stereocenters. The summed E-state index contributed by atoms with van der Waals surface area (Å²) in [6, 6.07) is 9.24. The van der Waals surface area contributed by atoms with Gasteiger partial charge in [-0.2, -0.15) is 0 Å². The third-order valence-electron chi connectivity index (χ3n) is 3.93. The van der Waals surface area contributed by atoms with Crippen molar-refractivity contribution in [2.75, 3.05) is 0 Å². The molecule has 0 nitrogen and oxygen atoms in total. The summed E-state index contributed by atoms with van der Waals surface area (Å²) in [7, 11) is 0. The number of hydrogen-bond acceptors (Lipinski definition) is 0. The van der Waals surface area contributed by atoms with Crippen LogP contribution in [0, 0.1) is 5.41 Å². The van der Waals surface area contributed by atoms with Crippen molar-refractivity contribution in [3.8, 4) is 0 Å². The van der Waals surface area contributed by atoms with E-state index in [-0.39, 0.29) is 0 Å². The van der Waals surface area contributed by atoms with Gasteiger partial charge < -0.3 is 0 Å². The van der Waals surface area contributed by atoms with Crippen molar-refractivity contribution >= 4 is 0 Å². The van der Waals surface area contributed by atoms with Crippen molar-refractivity contribution in [2.45, 2.75) is 52.4 Å². The second-order valence-electron chi connectivity index (χ2n) is 5.43. The fourth-order valence-corrected chi connectivity index (χ4v) is 2.29. The zero-order valence-electron chi connectivity index (χ0n) is 10.2. The Morgan fingerprint density at radius 2 is 1.73 bits per heavy atom. The Kier molecular flexibility index (Phi) is 2.86. The first-order valence-electron chi connectivity index (χ1n) is 6.24. The molecule has 82 valence electrons. The van der Waals surface area contributed by atoms with Crippen LogP contribution in [0.25, 0.3) is 0 Å². The average Bonchev–Trinajstić information content (AvgIpc) is 2.99. The molecule has 0 heteroatoms. The quantitative estimate of drug-likeness (QED) is 0.672. The van der Waals surface area contributed by atoms with Crippen molar-refractivity contribution < 1.29 is 0 Å². The Morgan fingerprint density at radius 3 is 2.13 bits per heavy atom. The molecule has 0 atom stereocenters. The third kappa shape index (κ3) is 2.42. The van der Waals surface area contributed by atoms with Crippen LogP contribution in [0.3, 0.4) is 0 Å². The second-order valence-corrected chi connectivity index (χ2v) is 5.43. The molecule has 0 amide bonds. The number of benzene rings is 1. The molecule has 2 rings (SSSR count). The van der Waals surface area contributed by atoms with E-state index in [4.69, 9.17) is 0 Å². The molecule has 15 heavy (non-hydrogen) atoms. The van der Waals surface area contributed by atoms with Gasteiger partial charge in [0.25, 0.3) is 0 Å². The third-order valence-corrected chi connectivity index (χ3v) is 3.93. The van der Waals surface area contributed by atoms with Gasteiger partial charge in [-0.15, -0.1) is 0 Å². The van der Waals surface area contributed by atoms with Crippen LogP contribution in [0.2, 0.25) is 0 Å². The molecule has 0 bridgehead atoms. The zero-order chi connectivity index (χ0) is 10.9. The molecule has 1 saturated carbocycles. The smallest absolute Gasteiger partial charge is 0.0219 e. The normalized spacial score (nSPS) is 18.1. The SMILES string of the molecule is CCC1(Cc2ccc(C(C)C)cc2)CC1. The lowest BCUT2D eigenvalue weighted by molar-refractivity contribution is 0.488. The van der Waals surface area contributed by atoms with Gasteiger partial charge in [0.1, 0.15) is 0 Å². The van der Waals surface area contributed by atoms with Gasteiger partial charge in [-0.05, 0) is 41.7 Å². The Labute approximate surface area is 93.7 Å². The van der Waals surface area contributed by atoms with E-state index >= 15 is 0 Å². The minimum atomic E-state index is 0.653. The molecule has 0 radical (unpaired) electrons. The summed E-state index contributed by atoms with van der Waals surface area (Å²) >= 11 is 0. The van der Waals surface area contributed by atoms with Crippen LogP contribution in [0.5, 0.6) is 0 Å². The first kappa shape index (κ1) is 10.7. The van der Waals surface area contributed by atoms with Crippen LogP contribution in [-0.4, -0.2) is 0 Å². The summed E-state index contributed by atoms with van der Waals surface area (Å²) in [5.74, 6) is 0.653. The largest absolute Gasteiger partial charge is 0.0648 e. The molecule has 1 aliphatic carbocycles. The molecule has 0 aromatic heterocycles. The molecule has 0 saturated heterocycles. The topological polar surface area (TPSA) is 0 Å². The maximum Gasteiger partial charge on any atom is -0.0219 e. The van der Waals surface area contributed by atoms with E-state index in [1.807, 2.05) is 0 Å². The average molecular weight is 202 g/mol. The minimum absolute atomic E-state index is 0.653. The van der Waals surface area contributed by atoms with Crippen LogP contribution in [-0.2, 0) is 6.42 Å². The van der Waals surface area contributed by atoms with Gasteiger partial charge in [0.05, 0.1) is 0 Å². The number of hydrogen-bond donors (Lipinski definition) is 0. The monoisotopic (exact) mass is 202 g/mol. The lowest BCUT2D eigenvalue weighted by Crippen LogP contribution is -2.03. The fourth-order valence-electron chi connectivity index (χ4n) is 2.29. The Bertz CT molecular complexity index is 314. The van der Waals surface area contributed by atoms with Crippen LogP contribution in [0.1, 0.15) is 57.1 Å². The van der Waals surface area contributed by atoms with E-state index in [9.17, 15) is 0 Å². The molecule has 0 spiro atoms. The lowest BCUT2D eigenvalue weighted by Gasteiger charge is -2.13. The molecule has 1 aromatic rings. The number of rotatable bonds is 4. The van der Waals surface area contributed by atoms with Crippen molar-refractivity contribution in [1.82, 2.24) is 0 Å². The van der Waals surface area contributed by atoms with Crippen LogP contribution in [0.4, 0.5) is 0 Å². The van der Waals surface area contributed by atoms with E-state index in [1.165, 1.54) is 36.8 Å². The van der Waals surface area contributed by atoms with Crippen LogP contribution in [0.15, 0.2) is 24.3 Å². The van der Waals surface area contributed by atoms with Crippen molar-refractivity contribution in [1.29, 1.82) is 0 Å². The van der Waals surface area contributed by atoms with Crippen molar-refractivity contribution in [3.63, 3.8) is 0 Å². The Balaban J connectivity index is 2.04. The highest BCUT2D eigenvalue weighted by molar-refractivity contribution is 5.26. The lowest BCUT2D eigenvalue weighted by atomic mass is 9.92. The summed E-state index contributed by atoms with van der Waals surface area (Å²) in [4.78, 5) is 0. The summed E-state index contributed by atoms with van der Waals surface area (Å²) < 4.78 is 0. The molecular weight excluding hydrogens is 180 g/mol. The Morgan fingerprint density at radius 1 is 1.13 bits per heavy atom. The van der Waals surface area contributed by atoms with E-state index < -0.39 is 0 Å².